The van der Waals surface area contributed by atoms with Crippen molar-refractivity contribution in [2.24, 2.45) is 21.7 Å². The van der Waals surface area contributed by atoms with Crippen molar-refractivity contribution in [2.45, 2.75) is 40.0 Å². The molecule has 0 amide bonds. The zero-order valence-corrected chi connectivity index (χ0v) is 12.9. The molecule has 2 saturated carbocycles. The molecule has 2 heteroatoms. The third kappa shape index (κ3) is 1.61. The van der Waals surface area contributed by atoms with Gasteiger partial charge in [-0.1, -0.05) is 36.7 Å². The predicted molar refractivity (Wildman–Crippen MR) is 80.5 cm³/mol. The maximum absolute atomic E-state index is 4.95. The first-order chi connectivity index (χ1) is 8.43. The van der Waals surface area contributed by atoms with Crippen molar-refractivity contribution in [2.75, 3.05) is 0 Å². The third-order valence-corrected chi connectivity index (χ3v) is 6.13. The fraction of sp³-hybridized carbons (Fsp3) is 0.562. The summed E-state index contributed by atoms with van der Waals surface area (Å²) in [6, 6.07) is 8.33. The summed E-state index contributed by atoms with van der Waals surface area (Å²) >= 11 is 3.47. The van der Waals surface area contributed by atoms with E-state index >= 15 is 0 Å². The summed E-state index contributed by atoms with van der Waals surface area (Å²) in [7, 11) is 0. The van der Waals surface area contributed by atoms with Crippen LogP contribution in [0.15, 0.2) is 33.7 Å². The van der Waals surface area contributed by atoms with Crippen molar-refractivity contribution in [3.8, 4) is 0 Å². The van der Waals surface area contributed by atoms with Gasteiger partial charge >= 0.3 is 0 Å². The molecule has 0 spiro atoms. The molecule has 1 unspecified atom stereocenters. The summed E-state index contributed by atoms with van der Waals surface area (Å²) < 4.78 is 1.12. The van der Waals surface area contributed by atoms with Crippen LogP contribution in [-0.4, -0.2) is 5.71 Å². The summed E-state index contributed by atoms with van der Waals surface area (Å²) in [5.74, 6) is 0.830. The Morgan fingerprint density at radius 3 is 2.33 bits per heavy atom. The number of nitrogens with zero attached hydrogens (tertiary/aromatic N) is 1. The lowest BCUT2D eigenvalue weighted by atomic mass is 9.70. The highest BCUT2D eigenvalue weighted by atomic mass is 79.9. The summed E-state index contributed by atoms with van der Waals surface area (Å²) in [5.41, 5.74) is 3.25. The molecule has 2 aliphatic rings. The zero-order chi connectivity index (χ0) is 13.0. The number of benzene rings is 1. The highest BCUT2D eigenvalue weighted by Crippen LogP contribution is 2.64. The van der Waals surface area contributed by atoms with Crippen LogP contribution in [0.25, 0.3) is 0 Å². The fourth-order valence-corrected chi connectivity index (χ4v) is 4.03. The average Bonchev–Trinajstić information content (AvgIpc) is 2.65. The Morgan fingerprint density at radius 2 is 1.83 bits per heavy atom. The molecular weight excluding hydrogens is 286 g/mol. The van der Waals surface area contributed by atoms with Crippen molar-refractivity contribution in [3.05, 3.63) is 28.7 Å². The molecule has 0 N–H and O–H groups in total. The number of hydrogen-bond acceptors (Lipinski definition) is 1. The van der Waals surface area contributed by atoms with Gasteiger partial charge in [0.15, 0.2) is 0 Å². The van der Waals surface area contributed by atoms with Crippen molar-refractivity contribution < 1.29 is 0 Å². The number of fused-ring (bicyclic) bond motifs is 2. The molecule has 2 bridgehead atoms. The van der Waals surface area contributed by atoms with E-state index in [9.17, 15) is 0 Å². The zero-order valence-electron chi connectivity index (χ0n) is 11.3. The molecule has 2 aliphatic carbocycles. The van der Waals surface area contributed by atoms with E-state index in [2.05, 4.69) is 61.0 Å². The lowest BCUT2D eigenvalue weighted by Crippen LogP contribution is -2.32. The minimum Gasteiger partial charge on any atom is -0.257 e. The Bertz CT molecular complexity index is 500. The van der Waals surface area contributed by atoms with Crippen LogP contribution in [0.5, 0.6) is 0 Å². The summed E-state index contributed by atoms with van der Waals surface area (Å²) in [6.45, 7) is 7.27. The van der Waals surface area contributed by atoms with Gasteiger partial charge in [0, 0.05) is 15.6 Å². The van der Waals surface area contributed by atoms with Gasteiger partial charge in [0.25, 0.3) is 0 Å². The maximum atomic E-state index is 4.95. The van der Waals surface area contributed by atoms with Crippen molar-refractivity contribution in [1.29, 1.82) is 0 Å². The van der Waals surface area contributed by atoms with Gasteiger partial charge in [-0.3, -0.25) is 4.99 Å². The summed E-state index contributed by atoms with van der Waals surface area (Å²) in [4.78, 5) is 4.95. The largest absolute Gasteiger partial charge is 0.257 e. The monoisotopic (exact) mass is 305 g/mol. The number of halogens is 1. The Kier molecular flexibility index (Phi) is 2.71. The van der Waals surface area contributed by atoms with E-state index in [-0.39, 0.29) is 0 Å². The lowest BCUT2D eigenvalue weighted by Gasteiger charge is -2.34. The molecule has 2 fully saturated rings. The highest BCUT2D eigenvalue weighted by Gasteiger charge is 2.59. The van der Waals surface area contributed by atoms with Crippen molar-refractivity contribution in [1.82, 2.24) is 0 Å². The van der Waals surface area contributed by atoms with Crippen LogP contribution in [0.3, 0.4) is 0 Å². The molecular formula is C16H20BrN. The normalized spacial score (nSPS) is 35.3. The van der Waals surface area contributed by atoms with Gasteiger partial charge in [0.05, 0.1) is 5.69 Å². The van der Waals surface area contributed by atoms with Crippen molar-refractivity contribution >= 4 is 27.3 Å². The molecule has 1 aromatic rings. The van der Waals surface area contributed by atoms with Crippen molar-refractivity contribution in [3.63, 3.8) is 0 Å². The van der Waals surface area contributed by atoms with Gasteiger partial charge in [0.2, 0.25) is 0 Å². The molecule has 96 valence electrons. The number of rotatable bonds is 1. The fourth-order valence-electron chi connectivity index (χ4n) is 3.77. The van der Waals surface area contributed by atoms with Crippen LogP contribution in [0, 0.1) is 16.7 Å². The lowest BCUT2D eigenvalue weighted by molar-refractivity contribution is 0.194. The standard InChI is InChI=1S/C16H20BrN/c1-15(2)11-8-9-16(15,3)14(10-11)18-13-6-4-12(17)5-7-13/h4-7,11H,8-10H2,1-3H3/t11?,16-/m0/s1. The van der Waals surface area contributed by atoms with Gasteiger partial charge < -0.3 is 0 Å². The van der Waals surface area contributed by atoms with Crippen LogP contribution in [0.1, 0.15) is 40.0 Å². The minimum atomic E-state index is 0.310. The van der Waals surface area contributed by atoms with Crippen LogP contribution < -0.4 is 0 Å². The molecule has 0 saturated heterocycles. The molecule has 0 aliphatic heterocycles. The second-order valence-corrected chi connectivity index (χ2v) is 7.44. The van der Waals surface area contributed by atoms with E-state index in [0.29, 0.717) is 10.8 Å². The first-order valence-corrected chi connectivity index (χ1v) is 7.56. The van der Waals surface area contributed by atoms with Gasteiger partial charge in [-0.05, 0) is 54.9 Å². The molecule has 0 radical (unpaired) electrons. The van der Waals surface area contributed by atoms with Gasteiger partial charge in [0.1, 0.15) is 0 Å². The number of aliphatic imine (C=N–C) groups is 1. The molecule has 18 heavy (non-hydrogen) atoms. The Morgan fingerprint density at radius 1 is 1.17 bits per heavy atom. The minimum absolute atomic E-state index is 0.310. The maximum Gasteiger partial charge on any atom is 0.0630 e. The Labute approximate surface area is 118 Å². The summed E-state index contributed by atoms with van der Waals surface area (Å²) in [6.07, 6.45) is 3.88. The van der Waals surface area contributed by atoms with E-state index < -0.39 is 0 Å². The Balaban J connectivity index is 1.97. The van der Waals surface area contributed by atoms with Crippen LogP contribution >= 0.6 is 15.9 Å². The summed E-state index contributed by atoms with van der Waals surface area (Å²) in [5, 5.41) is 0. The molecule has 3 rings (SSSR count). The molecule has 2 atom stereocenters. The second-order valence-electron chi connectivity index (χ2n) is 6.53. The topological polar surface area (TPSA) is 12.4 Å². The third-order valence-electron chi connectivity index (χ3n) is 5.60. The van der Waals surface area contributed by atoms with E-state index in [4.69, 9.17) is 4.99 Å². The van der Waals surface area contributed by atoms with Crippen LogP contribution in [-0.2, 0) is 0 Å². The Hall–Kier alpha value is -0.630. The predicted octanol–water partition coefficient (Wildman–Crippen LogP) is 5.37. The molecule has 0 heterocycles. The first kappa shape index (κ1) is 12.4. The van der Waals surface area contributed by atoms with E-state index in [0.717, 1.165) is 16.1 Å². The van der Waals surface area contributed by atoms with Gasteiger partial charge in [-0.15, -0.1) is 0 Å². The van der Waals surface area contributed by atoms with Gasteiger partial charge in [-0.2, -0.15) is 0 Å². The molecule has 0 aromatic heterocycles. The molecule has 1 aromatic carbocycles. The average molecular weight is 306 g/mol. The number of hydrogen-bond donors (Lipinski definition) is 0. The van der Waals surface area contributed by atoms with E-state index in [1.807, 2.05) is 0 Å². The molecule has 1 nitrogen and oxygen atoms in total. The van der Waals surface area contributed by atoms with E-state index in [1.165, 1.54) is 25.0 Å². The quantitative estimate of drug-likeness (QED) is 0.661. The SMILES string of the molecule is CC1(C)C2CC[C@@]1(C)C(=Nc1ccc(Br)cc1)C2. The highest BCUT2D eigenvalue weighted by molar-refractivity contribution is 9.10. The van der Waals surface area contributed by atoms with Gasteiger partial charge in [-0.25, -0.2) is 0 Å². The van der Waals surface area contributed by atoms with Crippen LogP contribution in [0.2, 0.25) is 0 Å². The first-order valence-electron chi connectivity index (χ1n) is 6.77. The van der Waals surface area contributed by atoms with E-state index in [1.54, 1.807) is 0 Å². The van der Waals surface area contributed by atoms with Crippen LogP contribution in [0.4, 0.5) is 5.69 Å². The second kappa shape index (κ2) is 3.93. The smallest absolute Gasteiger partial charge is 0.0630 e.